The summed E-state index contributed by atoms with van der Waals surface area (Å²) in [5, 5.41) is 3.43. The van der Waals surface area contributed by atoms with E-state index in [9.17, 15) is 4.79 Å². The summed E-state index contributed by atoms with van der Waals surface area (Å²) in [6, 6.07) is 8.34. The molecule has 1 saturated heterocycles. The molecule has 2 aliphatic rings. The molecule has 1 fully saturated rings. The van der Waals surface area contributed by atoms with E-state index < -0.39 is 0 Å². The van der Waals surface area contributed by atoms with E-state index in [4.69, 9.17) is 4.99 Å². The lowest BCUT2D eigenvalue weighted by Crippen LogP contribution is -2.48. The number of benzene rings is 1. The Morgan fingerprint density at radius 1 is 1.11 bits per heavy atom. The Morgan fingerprint density at radius 2 is 1.74 bits per heavy atom. The molecule has 27 heavy (non-hydrogen) atoms. The average molecular weight is 371 g/mol. The molecule has 2 unspecified atom stereocenters. The lowest BCUT2D eigenvalue weighted by atomic mass is 9.92. The molecule has 5 nitrogen and oxygen atoms in total. The predicted molar refractivity (Wildman–Crippen MR) is 110 cm³/mol. The molecule has 5 heteroatoms. The first-order valence-electron chi connectivity index (χ1n) is 10.4. The standard InChI is InChI=1S/C22H34N4O/c1-4-23-22(26-13-17(2)12-18(3)14-26)24-11-7-10-21(27)25-15-19-8-5-6-9-20(19)16-25/h5-6,8-9,17-18H,4,7,10-16H2,1-3H3,(H,23,24). The van der Waals surface area contributed by atoms with Gasteiger partial charge < -0.3 is 15.1 Å². The number of carbonyl (C=O) groups is 1. The highest BCUT2D eigenvalue weighted by Crippen LogP contribution is 2.23. The number of hydrogen-bond donors (Lipinski definition) is 1. The van der Waals surface area contributed by atoms with E-state index in [-0.39, 0.29) is 5.91 Å². The normalized spacial score (nSPS) is 22.7. The number of fused-ring (bicyclic) bond motifs is 1. The lowest BCUT2D eigenvalue weighted by molar-refractivity contribution is -0.131. The van der Waals surface area contributed by atoms with Crippen molar-refractivity contribution in [1.29, 1.82) is 0 Å². The fraction of sp³-hybridized carbons (Fsp3) is 0.636. The van der Waals surface area contributed by atoms with Gasteiger partial charge in [0.05, 0.1) is 0 Å². The fourth-order valence-corrected chi connectivity index (χ4v) is 4.34. The molecule has 0 saturated carbocycles. The van der Waals surface area contributed by atoms with Crippen LogP contribution >= 0.6 is 0 Å². The van der Waals surface area contributed by atoms with Crippen molar-refractivity contribution in [2.75, 3.05) is 26.2 Å². The van der Waals surface area contributed by atoms with Crippen LogP contribution in [0.2, 0.25) is 0 Å². The minimum atomic E-state index is 0.242. The van der Waals surface area contributed by atoms with Gasteiger partial charge in [-0.25, -0.2) is 0 Å². The summed E-state index contributed by atoms with van der Waals surface area (Å²) < 4.78 is 0. The molecule has 3 rings (SSSR count). The van der Waals surface area contributed by atoms with Crippen LogP contribution in [0.15, 0.2) is 29.3 Å². The maximum Gasteiger partial charge on any atom is 0.223 e. The minimum absolute atomic E-state index is 0.242. The van der Waals surface area contributed by atoms with Crippen molar-refractivity contribution < 1.29 is 4.79 Å². The summed E-state index contributed by atoms with van der Waals surface area (Å²) in [5.74, 6) is 2.66. The molecule has 2 atom stereocenters. The number of nitrogens with one attached hydrogen (secondary N) is 1. The van der Waals surface area contributed by atoms with Crippen LogP contribution in [0.4, 0.5) is 0 Å². The van der Waals surface area contributed by atoms with Gasteiger partial charge in [0.25, 0.3) is 0 Å². The second-order valence-corrected chi connectivity index (χ2v) is 8.21. The van der Waals surface area contributed by atoms with Crippen LogP contribution in [0.5, 0.6) is 0 Å². The summed E-state index contributed by atoms with van der Waals surface area (Å²) in [4.78, 5) is 21.7. The van der Waals surface area contributed by atoms with Gasteiger partial charge in [-0.05, 0) is 42.7 Å². The molecule has 1 aromatic rings. The smallest absolute Gasteiger partial charge is 0.223 e. The van der Waals surface area contributed by atoms with Gasteiger partial charge in [0.2, 0.25) is 5.91 Å². The number of rotatable bonds is 5. The molecule has 2 aliphatic heterocycles. The van der Waals surface area contributed by atoms with Gasteiger partial charge in [-0.3, -0.25) is 9.79 Å². The van der Waals surface area contributed by atoms with E-state index in [1.165, 1.54) is 17.5 Å². The fourth-order valence-electron chi connectivity index (χ4n) is 4.34. The maximum atomic E-state index is 12.5. The second-order valence-electron chi connectivity index (χ2n) is 8.21. The molecule has 1 N–H and O–H groups in total. The third-order valence-corrected chi connectivity index (χ3v) is 5.51. The van der Waals surface area contributed by atoms with Gasteiger partial charge in [0, 0.05) is 45.7 Å². The Labute approximate surface area is 163 Å². The van der Waals surface area contributed by atoms with E-state index in [1.807, 2.05) is 17.0 Å². The first kappa shape index (κ1) is 19.7. The monoisotopic (exact) mass is 370 g/mol. The van der Waals surface area contributed by atoms with Gasteiger partial charge >= 0.3 is 0 Å². The molecule has 0 aromatic heterocycles. The number of likely N-dealkylation sites (tertiary alicyclic amines) is 1. The van der Waals surface area contributed by atoms with Crippen LogP contribution in [0.25, 0.3) is 0 Å². The summed E-state index contributed by atoms with van der Waals surface area (Å²) in [5.41, 5.74) is 2.57. The maximum absolute atomic E-state index is 12.5. The van der Waals surface area contributed by atoms with Crippen LogP contribution in [0, 0.1) is 11.8 Å². The van der Waals surface area contributed by atoms with Crippen LogP contribution < -0.4 is 5.32 Å². The largest absolute Gasteiger partial charge is 0.357 e. The quantitative estimate of drug-likeness (QED) is 0.492. The van der Waals surface area contributed by atoms with E-state index >= 15 is 0 Å². The summed E-state index contributed by atoms with van der Waals surface area (Å²) >= 11 is 0. The molecule has 0 spiro atoms. The van der Waals surface area contributed by atoms with Crippen molar-refractivity contribution in [3.8, 4) is 0 Å². The number of amides is 1. The number of hydrogen-bond acceptors (Lipinski definition) is 2. The van der Waals surface area contributed by atoms with Crippen molar-refractivity contribution in [3.05, 3.63) is 35.4 Å². The molecule has 148 valence electrons. The van der Waals surface area contributed by atoms with E-state index in [2.05, 4.69) is 43.1 Å². The zero-order valence-electron chi connectivity index (χ0n) is 17.1. The first-order chi connectivity index (χ1) is 13.1. The Morgan fingerprint density at radius 3 is 2.33 bits per heavy atom. The number of guanidine groups is 1. The molecule has 1 amide bonds. The van der Waals surface area contributed by atoms with Crippen LogP contribution in [0.1, 0.15) is 51.2 Å². The number of carbonyl (C=O) groups excluding carboxylic acids is 1. The van der Waals surface area contributed by atoms with Gasteiger partial charge in [-0.1, -0.05) is 38.1 Å². The van der Waals surface area contributed by atoms with E-state index in [1.54, 1.807) is 0 Å². The van der Waals surface area contributed by atoms with Crippen molar-refractivity contribution in [3.63, 3.8) is 0 Å². The number of nitrogens with zero attached hydrogens (tertiary/aromatic N) is 3. The Kier molecular flexibility index (Phi) is 6.75. The first-order valence-corrected chi connectivity index (χ1v) is 10.4. The molecule has 2 heterocycles. The third-order valence-electron chi connectivity index (χ3n) is 5.51. The van der Waals surface area contributed by atoms with Crippen LogP contribution in [-0.2, 0) is 17.9 Å². The Balaban J connectivity index is 1.47. The topological polar surface area (TPSA) is 47.9 Å². The van der Waals surface area contributed by atoms with Crippen LogP contribution in [-0.4, -0.2) is 47.8 Å². The van der Waals surface area contributed by atoms with E-state index in [0.29, 0.717) is 24.8 Å². The molecular weight excluding hydrogens is 336 g/mol. The molecule has 0 aliphatic carbocycles. The van der Waals surface area contributed by atoms with Gasteiger partial charge in [-0.2, -0.15) is 0 Å². The predicted octanol–water partition coefficient (Wildman–Crippen LogP) is 3.25. The Hall–Kier alpha value is -2.04. The van der Waals surface area contributed by atoms with Crippen LogP contribution in [0.3, 0.4) is 0 Å². The molecule has 0 radical (unpaired) electrons. The lowest BCUT2D eigenvalue weighted by Gasteiger charge is -2.37. The highest BCUT2D eigenvalue weighted by atomic mass is 16.2. The zero-order valence-corrected chi connectivity index (χ0v) is 17.1. The molecular formula is C22H34N4O. The highest BCUT2D eigenvalue weighted by molar-refractivity contribution is 5.80. The minimum Gasteiger partial charge on any atom is -0.357 e. The number of aliphatic imine (C=N–C) groups is 1. The van der Waals surface area contributed by atoms with Crippen molar-refractivity contribution >= 4 is 11.9 Å². The van der Waals surface area contributed by atoms with Crippen molar-refractivity contribution in [2.24, 2.45) is 16.8 Å². The van der Waals surface area contributed by atoms with Crippen molar-refractivity contribution in [1.82, 2.24) is 15.1 Å². The summed E-state index contributed by atoms with van der Waals surface area (Å²) in [7, 11) is 0. The highest BCUT2D eigenvalue weighted by Gasteiger charge is 2.24. The SMILES string of the molecule is CCNC(=NCCCC(=O)N1Cc2ccccc2C1)N1CC(C)CC(C)C1. The van der Waals surface area contributed by atoms with Gasteiger partial charge in [-0.15, -0.1) is 0 Å². The molecule has 0 bridgehead atoms. The third kappa shape index (κ3) is 5.24. The summed E-state index contributed by atoms with van der Waals surface area (Å²) in [6.07, 6.45) is 2.67. The van der Waals surface area contributed by atoms with E-state index in [0.717, 1.165) is 45.1 Å². The number of piperidine rings is 1. The second kappa shape index (κ2) is 9.25. The van der Waals surface area contributed by atoms with Gasteiger partial charge in [0.15, 0.2) is 5.96 Å². The average Bonchev–Trinajstić information content (AvgIpc) is 3.07. The van der Waals surface area contributed by atoms with Gasteiger partial charge in [0.1, 0.15) is 0 Å². The Bertz CT molecular complexity index is 637. The van der Waals surface area contributed by atoms with Crippen molar-refractivity contribution in [2.45, 2.75) is 53.1 Å². The molecule has 1 aromatic carbocycles. The zero-order chi connectivity index (χ0) is 19.2. The summed E-state index contributed by atoms with van der Waals surface area (Å²) in [6.45, 7) is 12.0.